The fraction of sp³-hybridized carbons (Fsp3) is 0.400. The fourth-order valence-electron chi connectivity index (χ4n) is 3.62. The molecule has 2 aliphatic heterocycles. The van der Waals surface area contributed by atoms with Crippen LogP contribution >= 0.6 is 23.1 Å². The predicted octanol–water partition coefficient (Wildman–Crippen LogP) is 2.63. The maximum absolute atomic E-state index is 13.1. The van der Waals surface area contributed by atoms with E-state index in [-0.39, 0.29) is 28.6 Å². The number of hydrogen-bond acceptors (Lipinski definition) is 6. The average Bonchev–Trinajstić information content (AvgIpc) is 3.37. The number of carbonyl (C=O) groups excluding carboxylic acids is 2. The number of benzene rings is 1. The maximum Gasteiger partial charge on any atom is 0.264 e. The van der Waals surface area contributed by atoms with Gasteiger partial charge in [-0.2, -0.15) is 0 Å². The minimum atomic E-state index is -2.95. The van der Waals surface area contributed by atoms with Gasteiger partial charge in [-0.3, -0.25) is 9.59 Å². The quantitative estimate of drug-likeness (QED) is 0.716. The summed E-state index contributed by atoms with van der Waals surface area (Å²) >= 11 is 2.91. The Morgan fingerprint density at radius 1 is 0.966 bits per heavy atom. The van der Waals surface area contributed by atoms with Crippen LogP contribution in [0.15, 0.2) is 46.7 Å². The summed E-state index contributed by atoms with van der Waals surface area (Å²) in [6.45, 7) is 2.01. The van der Waals surface area contributed by atoms with Crippen molar-refractivity contribution in [2.45, 2.75) is 16.6 Å². The van der Waals surface area contributed by atoms with E-state index in [4.69, 9.17) is 0 Å². The predicted molar refractivity (Wildman–Crippen MR) is 115 cm³/mol. The highest BCUT2D eigenvalue weighted by molar-refractivity contribution is 8.02. The first-order chi connectivity index (χ1) is 13.9. The van der Waals surface area contributed by atoms with Crippen LogP contribution in [-0.4, -0.2) is 73.0 Å². The van der Waals surface area contributed by atoms with E-state index in [9.17, 15) is 18.0 Å². The Morgan fingerprint density at radius 2 is 1.66 bits per heavy atom. The van der Waals surface area contributed by atoms with Crippen molar-refractivity contribution in [3.63, 3.8) is 0 Å². The van der Waals surface area contributed by atoms with Crippen molar-refractivity contribution < 1.29 is 18.0 Å². The van der Waals surface area contributed by atoms with E-state index >= 15 is 0 Å². The summed E-state index contributed by atoms with van der Waals surface area (Å²) in [5, 5.41) is 1.88. The second-order valence-corrected chi connectivity index (χ2v) is 11.7. The van der Waals surface area contributed by atoms with Crippen LogP contribution < -0.4 is 0 Å². The number of piperazine rings is 1. The Labute approximate surface area is 178 Å². The van der Waals surface area contributed by atoms with Gasteiger partial charge in [-0.25, -0.2) is 8.42 Å². The SMILES string of the molecule is O=C(c1cccs1)N1CCN(C(=O)c2ccccc2S[C@H]2CCS(=O)(=O)C2)CC1. The van der Waals surface area contributed by atoms with Crippen molar-refractivity contribution in [2.24, 2.45) is 0 Å². The summed E-state index contributed by atoms with van der Waals surface area (Å²) in [6.07, 6.45) is 0.624. The molecule has 0 bridgehead atoms. The maximum atomic E-state index is 13.1. The van der Waals surface area contributed by atoms with E-state index in [1.54, 1.807) is 15.9 Å². The standard InChI is InChI=1S/C20H22N2O4S3/c23-19(21-8-10-22(11-9-21)20(24)18-6-3-12-27-18)16-4-1-2-5-17(16)28-15-7-13-29(25,26)14-15/h1-6,12,15H,7-11,13-14H2/t15-/m0/s1. The van der Waals surface area contributed by atoms with Crippen molar-refractivity contribution in [1.29, 1.82) is 0 Å². The van der Waals surface area contributed by atoms with Crippen LogP contribution in [-0.2, 0) is 9.84 Å². The fourth-order valence-corrected chi connectivity index (χ4v) is 7.93. The van der Waals surface area contributed by atoms with Crippen LogP contribution in [0.2, 0.25) is 0 Å². The summed E-state index contributed by atoms with van der Waals surface area (Å²) in [7, 11) is -2.95. The molecule has 2 fully saturated rings. The van der Waals surface area contributed by atoms with Gasteiger partial charge in [0, 0.05) is 36.3 Å². The molecule has 154 valence electrons. The minimum Gasteiger partial charge on any atom is -0.335 e. The first-order valence-electron chi connectivity index (χ1n) is 9.51. The molecule has 0 spiro atoms. The zero-order chi connectivity index (χ0) is 20.4. The molecule has 2 saturated heterocycles. The molecule has 0 N–H and O–H groups in total. The molecule has 0 radical (unpaired) electrons. The van der Waals surface area contributed by atoms with Gasteiger partial charge in [-0.05, 0) is 30.0 Å². The van der Waals surface area contributed by atoms with Crippen LogP contribution in [0.4, 0.5) is 0 Å². The normalized spacial score (nSPS) is 21.3. The second-order valence-electron chi connectivity index (χ2n) is 7.20. The molecule has 1 atom stereocenters. The largest absolute Gasteiger partial charge is 0.335 e. The molecule has 29 heavy (non-hydrogen) atoms. The van der Waals surface area contributed by atoms with Crippen molar-refractivity contribution in [2.75, 3.05) is 37.7 Å². The summed E-state index contributed by atoms with van der Waals surface area (Å²) < 4.78 is 23.5. The molecular formula is C20H22N2O4S3. The van der Waals surface area contributed by atoms with Crippen LogP contribution in [0.1, 0.15) is 26.5 Å². The van der Waals surface area contributed by atoms with Gasteiger partial charge in [0.1, 0.15) is 0 Å². The molecule has 4 rings (SSSR count). The highest BCUT2D eigenvalue weighted by atomic mass is 32.2. The molecule has 0 saturated carbocycles. The van der Waals surface area contributed by atoms with Crippen LogP contribution in [0.3, 0.4) is 0 Å². The highest BCUT2D eigenvalue weighted by Gasteiger charge is 2.31. The van der Waals surface area contributed by atoms with Crippen molar-refractivity contribution in [3.8, 4) is 0 Å². The summed E-state index contributed by atoms with van der Waals surface area (Å²) in [6, 6.07) is 11.1. The number of thiophene rings is 1. The lowest BCUT2D eigenvalue weighted by Crippen LogP contribution is -2.50. The smallest absolute Gasteiger partial charge is 0.264 e. The van der Waals surface area contributed by atoms with E-state index in [0.29, 0.717) is 38.2 Å². The Balaban J connectivity index is 1.41. The number of amides is 2. The lowest BCUT2D eigenvalue weighted by atomic mass is 10.1. The third-order valence-electron chi connectivity index (χ3n) is 5.19. The van der Waals surface area contributed by atoms with Gasteiger partial charge in [-0.1, -0.05) is 18.2 Å². The molecule has 3 heterocycles. The molecule has 6 nitrogen and oxygen atoms in total. The second kappa shape index (κ2) is 8.49. The van der Waals surface area contributed by atoms with Crippen molar-refractivity contribution in [1.82, 2.24) is 9.80 Å². The number of rotatable bonds is 4. The molecule has 1 aromatic carbocycles. The lowest BCUT2D eigenvalue weighted by molar-refractivity contribution is 0.0536. The Morgan fingerprint density at radius 3 is 2.28 bits per heavy atom. The van der Waals surface area contributed by atoms with Gasteiger partial charge in [0.2, 0.25) is 0 Å². The molecule has 2 aromatic rings. The third kappa shape index (κ3) is 4.67. The first-order valence-corrected chi connectivity index (χ1v) is 13.1. The zero-order valence-corrected chi connectivity index (χ0v) is 18.3. The molecule has 9 heteroatoms. The monoisotopic (exact) mass is 450 g/mol. The molecule has 2 amide bonds. The van der Waals surface area contributed by atoms with Gasteiger partial charge in [-0.15, -0.1) is 23.1 Å². The number of thioether (sulfide) groups is 1. The Bertz CT molecular complexity index is 996. The van der Waals surface area contributed by atoms with E-state index in [2.05, 4.69) is 0 Å². The highest BCUT2D eigenvalue weighted by Crippen LogP contribution is 2.33. The van der Waals surface area contributed by atoms with Gasteiger partial charge < -0.3 is 9.80 Å². The Kier molecular flexibility index (Phi) is 5.98. The van der Waals surface area contributed by atoms with Crippen LogP contribution in [0, 0.1) is 0 Å². The van der Waals surface area contributed by atoms with E-state index in [0.717, 1.165) is 9.77 Å². The first kappa shape index (κ1) is 20.4. The number of sulfone groups is 1. The summed E-state index contributed by atoms with van der Waals surface area (Å²) in [4.78, 5) is 30.7. The van der Waals surface area contributed by atoms with Crippen LogP contribution in [0.5, 0.6) is 0 Å². The number of nitrogens with zero attached hydrogens (tertiary/aromatic N) is 2. The third-order valence-corrected chi connectivity index (χ3v) is 9.37. The average molecular weight is 451 g/mol. The van der Waals surface area contributed by atoms with E-state index in [1.807, 2.05) is 35.7 Å². The molecule has 1 aromatic heterocycles. The lowest BCUT2D eigenvalue weighted by Gasteiger charge is -2.35. The minimum absolute atomic E-state index is 0.00536. The molecular weight excluding hydrogens is 428 g/mol. The molecule has 0 unspecified atom stereocenters. The summed E-state index contributed by atoms with van der Waals surface area (Å²) in [5.41, 5.74) is 0.611. The van der Waals surface area contributed by atoms with Gasteiger partial charge in [0.15, 0.2) is 9.84 Å². The topological polar surface area (TPSA) is 74.8 Å². The molecule has 0 aliphatic carbocycles. The van der Waals surface area contributed by atoms with Crippen molar-refractivity contribution >= 4 is 44.8 Å². The van der Waals surface area contributed by atoms with Gasteiger partial charge in [0.05, 0.1) is 21.9 Å². The van der Waals surface area contributed by atoms with Gasteiger partial charge in [0.25, 0.3) is 11.8 Å². The zero-order valence-electron chi connectivity index (χ0n) is 15.8. The number of carbonyl (C=O) groups is 2. The number of hydrogen-bond donors (Lipinski definition) is 0. The van der Waals surface area contributed by atoms with Crippen molar-refractivity contribution in [3.05, 3.63) is 52.2 Å². The Hall–Kier alpha value is -1.84. The molecule has 2 aliphatic rings. The van der Waals surface area contributed by atoms with Gasteiger partial charge >= 0.3 is 0 Å². The summed E-state index contributed by atoms with van der Waals surface area (Å²) in [5.74, 6) is 0.354. The van der Waals surface area contributed by atoms with Crippen LogP contribution in [0.25, 0.3) is 0 Å². The van der Waals surface area contributed by atoms with E-state index < -0.39 is 9.84 Å². The van der Waals surface area contributed by atoms with E-state index in [1.165, 1.54) is 23.1 Å².